The largest absolute Gasteiger partial charge is 0.494 e. The number of fused-ring (bicyclic) bond motifs is 1. The lowest BCUT2D eigenvalue weighted by Gasteiger charge is -2.14. The first kappa shape index (κ1) is 28.1. The molecule has 0 bridgehead atoms. The van der Waals surface area contributed by atoms with Gasteiger partial charge in [0.1, 0.15) is 28.0 Å². The van der Waals surface area contributed by atoms with E-state index in [1.54, 1.807) is 24.3 Å². The molecule has 0 saturated carbocycles. The molecule has 43 heavy (non-hydrogen) atoms. The molecule has 0 unspecified atom stereocenters. The van der Waals surface area contributed by atoms with Crippen molar-refractivity contribution < 1.29 is 13.9 Å². The molecule has 6 nitrogen and oxygen atoms in total. The Morgan fingerprint density at radius 2 is 1.72 bits per heavy atom. The SMILES string of the molecule is COc1cc(F)cc2c(-c3ccsc3C#N)c(-c3cccc(-c4ccc(C(=O)N=O)cc4)c3)n(Sc3ccc(C)cc3)c12. The number of hydrogen-bond donors (Lipinski definition) is 0. The van der Waals surface area contributed by atoms with Crippen molar-refractivity contribution in [3.63, 3.8) is 0 Å². The first-order valence-corrected chi connectivity index (χ1v) is 14.8. The molecule has 0 aliphatic heterocycles. The molecule has 0 fully saturated rings. The first-order valence-electron chi connectivity index (χ1n) is 13.1. The van der Waals surface area contributed by atoms with Crippen LogP contribution in [0.15, 0.2) is 106 Å². The summed E-state index contributed by atoms with van der Waals surface area (Å²) in [5, 5.41) is 15.0. The van der Waals surface area contributed by atoms with Crippen LogP contribution in [0.4, 0.5) is 4.39 Å². The molecule has 0 spiro atoms. The lowest BCUT2D eigenvalue weighted by Crippen LogP contribution is -1.95. The van der Waals surface area contributed by atoms with Crippen LogP contribution in [0.3, 0.4) is 0 Å². The Bertz CT molecular complexity index is 2060. The van der Waals surface area contributed by atoms with Crippen LogP contribution in [0.1, 0.15) is 20.8 Å². The molecule has 0 aliphatic carbocycles. The number of carbonyl (C=O) groups excluding carboxylic acids is 1. The Balaban J connectivity index is 1.66. The quantitative estimate of drug-likeness (QED) is 0.170. The standard InChI is InChI=1S/C34H22FN3O3S2/c1-20-6-12-26(13-7-20)43-38-32(24-5-3-4-23(16-24)21-8-10-22(11-9-21)34(39)37-40)31(27-14-15-42-30(27)19-36)28-17-25(35)18-29(41-2)33(28)38/h3-18H,1-2H3. The van der Waals surface area contributed by atoms with Crippen molar-refractivity contribution in [2.24, 2.45) is 5.18 Å². The summed E-state index contributed by atoms with van der Waals surface area (Å²) < 4.78 is 22.9. The number of rotatable bonds is 7. The van der Waals surface area contributed by atoms with Gasteiger partial charge in [-0.25, -0.2) is 4.39 Å². The number of ether oxygens (including phenoxy) is 1. The molecule has 1 amide bonds. The minimum atomic E-state index is -0.826. The number of nitrogens with zero attached hydrogens (tertiary/aromatic N) is 3. The van der Waals surface area contributed by atoms with Crippen molar-refractivity contribution in [2.75, 3.05) is 7.11 Å². The highest BCUT2D eigenvalue weighted by Gasteiger charge is 2.27. The number of aromatic nitrogens is 1. The Hall–Kier alpha value is -5.04. The number of hydrogen-bond acceptors (Lipinski definition) is 6. The molecule has 0 aliphatic rings. The van der Waals surface area contributed by atoms with Gasteiger partial charge in [0.05, 0.1) is 12.8 Å². The minimum absolute atomic E-state index is 0.211. The maximum absolute atomic E-state index is 15.1. The van der Waals surface area contributed by atoms with Crippen LogP contribution < -0.4 is 4.74 Å². The fraction of sp³-hybridized carbons (Fsp3) is 0.0588. The summed E-state index contributed by atoms with van der Waals surface area (Å²) >= 11 is 2.81. The van der Waals surface area contributed by atoms with E-state index in [1.165, 1.54) is 42.5 Å². The van der Waals surface area contributed by atoms with Crippen LogP contribution in [0, 0.1) is 29.0 Å². The number of halogens is 1. The summed E-state index contributed by atoms with van der Waals surface area (Å²) in [6.07, 6.45) is 0. The van der Waals surface area contributed by atoms with Gasteiger partial charge in [-0.15, -0.1) is 16.2 Å². The smallest absolute Gasteiger partial charge is 0.316 e. The molecule has 4 aromatic carbocycles. The molecular formula is C34H22FN3O3S2. The number of nitroso groups, excluding NO2 is 1. The van der Waals surface area contributed by atoms with Gasteiger partial charge in [0, 0.05) is 43.8 Å². The number of benzene rings is 4. The van der Waals surface area contributed by atoms with Crippen molar-refractivity contribution in [1.82, 2.24) is 3.97 Å². The maximum atomic E-state index is 15.1. The normalized spacial score (nSPS) is 10.9. The zero-order valence-corrected chi connectivity index (χ0v) is 24.6. The number of nitriles is 1. The summed E-state index contributed by atoms with van der Waals surface area (Å²) in [5.41, 5.74) is 6.75. The molecule has 0 atom stereocenters. The van der Waals surface area contributed by atoms with Gasteiger partial charge < -0.3 is 4.74 Å². The van der Waals surface area contributed by atoms with Crippen molar-refractivity contribution in [2.45, 2.75) is 11.8 Å². The Morgan fingerprint density at radius 1 is 0.977 bits per heavy atom. The monoisotopic (exact) mass is 603 g/mol. The van der Waals surface area contributed by atoms with Gasteiger partial charge in [-0.1, -0.05) is 48.0 Å². The Labute approximate surface area is 255 Å². The molecule has 0 N–H and O–H groups in total. The van der Waals surface area contributed by atoms with Crippen molar-refractivity contribution in [1.29, 1.82) is 5.26 Å². The van der Waals surface area contributed by atoms with Crippen LogP contribution >= 0.6 is 23.3 Å². The summed E-state index contributed by atoms with van der Waals surface area (Å²) in [5.74, 6) is -0.902. The number of thiophene rings is 1. The minimum Gasteiger partial charge on any atom is -0.494 e. The summed E-state index contributed by atoms with van der Waals surface area (Å²) in [6, 6.07) is 29.7. The first-order chi connectivity index (χ1) is 20.9. The average Bonchev–Trinajstić information content (AvgIpc) is 3.63. The van der Waals surface area contributed by atoms with E-state index in [-0.39, 0.29) is 5.56 Å². The van der Waals surface area contributed by atoms with E-state index in [2.05, 4.69) is 11.2 Å². The molecule has 2 heterocycles. The molecule has 9 heteroatoms. The number of carbonyl (C=O) groups is 1. The zero-order valence-electron chi connectivity index (χ0n) is 23.0. The van der Waals surface area contributed by atoms with Gasteiger partial charge in [0.15, 0.2) is 0 Å². The number of methoxy groups -OCH3 is 1. The van der Waals surface area contributed by atoms with Gasteiger partial charge >= 0.3 is 5.91 Å². The van der Waals surface area contributed by atoms with E-state index >= 15 is 4.39 Å². The van der Waals surface area contributed by atoms with Crippen LogP contribution in [0.25, 0.3) is 44.4 Å². The van der Waals surface area contributed by atoms with Gasteiger partial charge in [-0.3, -0.25) is 8.77 Å². The fourth-order valence-electron chi connectivity index (χ4n) is 5.10. The summed E-state index contributed by atoms with van der Waals surface area (Å²) in [4.78, 5) is 23.9. The third-order valence-electron chi connectivity index (χ3n) is 7.11. The van der Waals surface area contributed by atoms with E-state index in [9.17, 15) is 15.0 Å². The van der Waals surface area contributed by atoms with E-state index < -0.39 is 11.7 Å². The highest BCUT2D eigenvalue weighted by atomic mass is 32.2. The third-order valence-corrected chi connectivity index (χ3v) is 8.96. The fourth-order valence-corrected chi connectivity index (χ4v) is 6.82. The highest BCUT2D eigenvalue weighted by Crippen LogP contribution is 2.49. The van der Waals surface area contributed by atoms with Crippen molar-refractivity contribution in [3.05, 3.63) is 123 Å². The van der Waals surface area contributed by atoms with Crippen LogP contribution in [-0.2, 0) is 0 Å². The second-order valence-corrected chi connectivity index (χ2v) is 11.7. The lowest BCUT2D eigenvalue weighted by atomic mass is 9.96. The predicted octanol–water partition coefficient (Wildman–Crippen LogP) is 9.49. The zero-order chi connectivity index (χ0) is 30.1. The molecule has 0 radical (unpaired) electrons. The summed E-state index contributed by atoms with van der Waals surface area (Å²) in [7, 11) is 1.52. The number of aryl methyl sites for hydroxylation is 1. The van der Waals surface area contributed by atoms with Crippen molar-refractivity contribution >= 4 is 40.1 Å². The highest BCUT2D eigenvalue weighted by molar-refractivity contribution is 7.98. The Morgan fingerprint density at radius 3 is 2.42 bits per heavy atom. The van der Waals surface area contributed by atoms with E-state index in [4.69, 9.17) is 4.74 Å². The lowest BCUT2D eigenvalue weighted by molar-refractivity contribution is 0.100. The van der Waals surface area contributed by atoms with Gasteiger partial charge in [0.2, 0.25) is 0 Å². The second kappa shape index (κ2) is 11.7. The molecule has 210 valence electrons. The van der Waals surface area contributed by atoms with Gasteiger partial charge in [-0.05, 0) is 77.8 Å². The topological polar surface area (TPSA) is 84.4 Å². The summed E-state index contributed by atoms with van der Waals surface area (Å²) in [6.45, 7) is 2.03. The molecule has 6 aromatic rings. The average molecular weight is 604 g/mol. The van der Waals surface area contributed by atoms with E-state index in [0.29, 0.717) is 27.1 Å². The molecule has 6 rings (SSSR count). The molecule has 2 aromatic heterocycles. The second-order valence-electron chi connectivity index (χ2n) is 9.76. The van der Waals surface area contributed by atoms with Crippen LogP contribution in [0.2, 0.25) is 0 Å². The van der Waals surface area contributed by atoms with Crippen LogP contribution in [-0.4, -0.2) is 17.0 Å². The van der Waals surface area contributed by atoms with E-state index in [0.717, 1.165) is 38.4 Å². The van der Waals surface area contributed by atoms with Crippen molar-refractivity contribution in [3.8, 4) is 45.3 Å². The molecule has 0 saturated heterocycles. The van der Waals surface area contributed by atoms with Crippen LogP contribution in [0.5, 0.6) is 5.75 Å². The number of amides is 1. The maximum Gasteiger partial charge on any atom is 0.316 e. The van der Waals surface area contributed by atoms with Gasteiger partial charge in [0.25, 0.3) is 0 Å². The van der Waals surface area contributed by atoms with Gasteiger partial charge in [-0.2, -0.15) is 5.26 Å². The third kappa shape index (κ3) is 5.23. The molecular weight excluding hydrogens is 582 g/mol. The van der Waals surface area contributed by atoms with E-state index in [1.807, 2.05) is 70.9 Å². The Kier molecular flexibility index (Phi) is 7.63. The predicted molar refractivity (Wildman–Crippen MR) is 170 cm³/mol.